The third kappa shape index (κ3) is 5.86. The third-order valence-electron chi connectivity index (χ3n) is 6.07. The van der Waals surface area contributed by atoms with Gasteiger partial charge in [0.15, 0.2) is 6.61 Å². The number of carbonyl (C=O) groups excluding carboxylic acids is 2. The number of rotatable bonds is 9. The smallest absolute Gasteiger partial charge is 0.261 e. The van der Waals surface area contributed by atoms with Crippen molar-refractivity contribution in [3.8, 4) is 17.1 Å². The summed E-state index contributed by atoms with van der Waals surface area (Å²) in [7, 11) is 3.23. The number of hydrogen-bond donors (Lipinski definition) is 1. The van der Waals surface area contributed by atoms with Gasteiger partial charge in [0.2, 0.25) is 11.7 Å². The van der Waals surface area contributed by atoms with Crippen LogP contribution in [-0.4, -0.2) is 60.8 Å². The Balaban J connectivity index is 1.56. The van der Waals surface area contributed by atoms with Gasteiger partial charge in [0.25, 0.3) is 11.8 Å². The van der Waals surface area contributed by atoms with Crippen LogP contribution in [0, 0.1) is 0 Å². The molecule has 3 aromatic rings. The number of nitrogens with one attached hydrogen (secondary N) is 1. The zero-order chi connectivity index (χ0) is 24.6. The van der Waals surface area contributed by atoms with Gasteiger partial charge < -0.3 is 24.2 Å². The van der Waals surface area contributed by atoms with Crippen LogP contribution in [0.5, 0.6) is 5.75 Å². The number of amides is 2. The Morgan fingerprint density at radius 2 is 2.00 bits per heavy atom. The molecule has 9 heteroatoms. The fourth-order valence-electron chi connectivity index (χ4n) is 4.21. The van der Waals surface area contributed by atoms with E-state index in [9.17, 15) is 9.59 Å². The summed E-state index contributed by atoms with van der Waals surface area (Å²) in [4.78, 5) is 31.6. The van der Waals surface area contributed by atoms with Gasteiger partial charge >= 0.3 is 0 Å². The highest BCUT2D eigenvalue weighted by atomic mass is 16.5. The number of piperidine rings is 1. The lowest BCUT2D eigenvalue weighted by atomic mass is 10.00. The molecule has 1 fully saturated rings. The molecule has 1 atom stereocenters. The SMILES string of the molecule is CNC(=O)c1ccc(CCOC)c(-c2noc([C@H]3CCCCN3C(=O)COc3ccccc3)n2)c1. The van der Waals surface area contributed by atoms with Crippen LogP contribution < -0.4 is 10.1 Å². The summed E-state index contributed by atoms with van der Waals surface area (Å²) in [6, 6.07) is 14.4. The molecule has 1 aliphatic heterocycles. The van der Waals surface area contributed by atoms with Crippen molar-refractivity contribution in [2.45, 2.75) is 31.7 Å². The number of carbonyl (C=O) groups is 2. The van der Waals surface area contributed by atoms with Gasteiger partial charge in [-0.3, -0.25) is 9.59 Å². The number of benzene rings is 2. The molecule has 1 aliphatic rings. The molecule has 0 bridgehead atoms. The molecule has 1 saturated heterocycles. The van der Waals surface area contributed by atoms with Crippen LogP contribution >= 0.6 is 0 Å². The summed E-state index contributed by atoms with van der Waals surface area (Å²) in [6.07, 6.45) is 3.23. The van der Waals surface area contributed by atoms with E-state index in [4.69, 9.17) is 14.0 Å². The maximum absolute atomic E-state index is 13.0. The van der Waals surface area contributed by atoms with Crippen molar-refractivity contribution in [3.05, 3.63) is 65.5 Å². The summed E-state index contributed by atoms with van der Waals surface area (Å²) >= 11 is 0. The van der Waals surface area contributed by atoms with E-state index < -0.39 is 0 Å². The third-order valence-corrected chi connectivity index (χ3v) is 6.07. The first-order valence-corrected chi connectivity index (χ1v) is 11.8. The van der Waals surface area contributed by atoms with Crippen molar-refractivity contribution in [1.29, 1.82) is 0 Å². The topological polar surface area (TPSA) is 107 Å². The molecule has 0 aliphatic carbocycles. The zero-order valence-corrected chi connectivity index (χ0v) is 20.0. The molecule has 2 amide bonds. The standard InChI is InChI=1S/C26H30N4O5/c1-27-25(32)19-12-11-18(13-15-33-2)21(16-19)24-28-26(35-29-24)22-10-6-7-14-30(22)23(31)17-34-20-8-4-3-5-9-20/h3-5,8-9,11-12,16,22H,6-7,10,13-15,17H2,1-2H3,(H,27,32)/t22-/m1/s1. The second-order valence-electron chi connectivity index (χ2n) is 8.35. The first-order chi connectivity index (χ1) is 17.1. The number of para-hydroxylation sites is 1. The zero-order valence-electron chi connectivity index (χ0n) is 20.0. The predicted molar refractivity (Wildman–Crippen MR) is 129 cm³/mol. The van der Waals surface area contributed by atoms with Crippen LogP contribution in [0.4, 0.5) is 0 Å². The van der Waals surface area contributed by atoms with Crippen LogP contribution in [0.3, 0.4) is 0 Å². The Bertz CT molecular complexity index is 1150. The van der Waals surface area contributed by atoms with Crippen LogP contribution in [0.15, 0.2) is 53.1 Å². The highest BCUT2D eigenvalue weighted by Crippen LogP contribution is 2.32. The van der Waals surface area contributed by atoms with Gasteiger partial charge in [0.1, 0.15) is 11.8 Å². The van der Waals surface area contributed by atoms with E-state index >= 15 is 0 Å². The van der Waals surface area contributed by atoms with E-state index in [1.807, 2.05) is 36.4 Å². The molecule has 0 radical (unpaired) electrons. The van der Waals surface area contributed by atoms with Gasteiger partial charge in [-0.1, -0.05) is 29.4 Å². The minimum Gasteiger partial charge on any atom is -0.484 e. The molecule has 1 aromatic heterocycles. The van der Waals surface area contributed by atoms with Crippen molar-refractivity contribution in [2.75, 3.05) is 33.9 Å². The lowest BCUT2D eigenvalue weighted by molar-refractivity contribution is -0.138. The Labute approximate surface area is 204 Å². The average Bonchev–Trinajstić information content (AvgIpc) is 3.40. The number of nitrogens with zero attached hydrogens (tertiary/aromatic N) is 3. The van der Waals surface area contributed by atoms with Crippen molar-refractivity contribution in [3.63, 3.8) is 0 Å². The van der Waals surface area contributed by atoms with Gasteiger partial charge in [0.05, 0.1) is 6.61 Å². The molecule has 1 N–H and O–H groups in total. The Hall–Kier alpha value is -3.72. The molecular weight excluding hydrogens is 448 g/mol. The number of ether oxygens (including phenoxy) is 2. The lowest BCUT2D eigenvalue weighted by Gasteiger charge is -2.33. The first-order valence-electron chi connectivity index (χ1n) is 11.8. The van der Waals surface area contributed by atoms with Gasteiger partial charge in [-0.25, -0.2) is 0 Å². The Morgan fingerprint density at radius 1 is 1.17 bits per heavy atom. The molecule has 35 heavy (non-hydrogen) atoms. The van der Waals surface area contributed by atoms with Gasteiger partial charge in [-0.2, -0.15) is 4.98 Å². The van der Waals surface area contributed by atoms with E-state index in [0.717, 1.165) is 24.8 Å². The fourth-order valence-corrected chi connectivity index (χ4v) is 4.21. The molecule has 4 rings (SSSR count). The van der Waals surface area contributed by atoms with Crippen molar-refractivity contribution in [1.82, 2.24) is 20.4 Å². The minimum absolute atomic E-state index is 0.0587. The van der Waals surface area contributed by atoms with Crippen LogP contribution in [0.25, 0.3) is 11.4 Å². The van der Waals surface area contributed by atoms with Crippen molar-refractivity contribution >= 4 is 11.8 Å². The summed E-state index contributed by atoms with van der Waals surface area (Å²) in [6.45, 7) is 1.06. The lowest BCUT2D eigenvalue weighted by Crippen LogP contribution is -2.41. The highest BCUT2D eigenvalue weighted by Gasteiger charge is 2.32. The van der Waals surface area contributed by atoms with E-state index in [2.05, 4.69) is 15.5 Å². The summed E-state index contributed by atoms with van der Waals surface area (Å²) in [5.74, 6) is 1.09. The van der Waals surface area contributed by atoms with Crippen LogP contribution in [-0.2, 0) is 16.0 Å². The van der Waals surface area contributed by atoms with Crippen molar-refractivity contribution < 1.29 is 23.6 Å². The minimum atomic E-state index is -0.318. The molecule has 2 aromatic carbocycles. The quantitative estimate of drug-likeness (QED) is 0.502. The first kappa shape index (κ1) is 24.4. The predicted octanol–water partition coefficient (Wildman–Crippen LogP) is 3.42. The molecule has 0 saturated carbocycles. The largest absolute Gasteiger partial charge is 0.484 e. The van der Waals surface area contributed by atoms with E-state index in [1.165, 1.54) is 0 Å². The number of hydrogen-bond acceptors (Lipinski definition) is 7. The Kier molecular flexibility index (Phi) is 8.10. The highest BCUT2D eigenvalue weighted by molar-refractivity contribution is 5.95. The second kappa shape index (κ2) is 11.6. The van der Waals surface area contributed by atoms with E-state index in [1.54, 1.807) is 31.2 Å². The number of likely N-dealkylation sites (tertiary alicyclic amines) is 1. The number of methoxy groups -OCH3 is 1. The molecule has 0 spiro atoms. The number of aromatic nitrogens is 2. The maximum atomic E-state index is 13.0. The second-order valence-corrected chi connectivity index (χ2v) is 8.35. The Morgan fingerprint density at radius 3 is 2.77 bits per heavy atom. The average molecular weight is 479 g/mol. The molecule has 0 unspecified atom stereocenters. The molecule has 9 nitrogen and oxygen atoms in total. The molecule has 184 valence electrons. The van der Waals surface area contributed by atoms with Gasteiger partial charge in [-0.15, -0.1) is 0 Å². The van der Waals surface area contributed by atoms with E-state index in [-0.39, 0.29) is 24.5 Å². The van der Waals surface area contributed by atoms with Crippen molar-refractivity contribution in [2.24, 2.45) is 0 Å². The van der Waals surface area contributed by atoms with E-state index in [0.29, 0.717) is 48.2 Å². The van der Waals surface area contributed by atoms with Crippen LogP contribution in [0.2, 0.25) is 0 Å². The normalized spacial score (nSPS) is 15.6. The monoisotopic (exact) mass is 478 g/mol. The summed E-state index contributed by atoms with van der Waals surface area (Å²) in [5.41, 5.74) is 2.15. The fraction of sp³-hybridized carbons (Fsp3) is 0.385. The van der Waals surface area contributed by atoms with Crippen LogP contribution in [0.1, 0.15) is 47.1 Å². The van der Waals surface area contributed by atoms with Gasteiger partial charge in [0, 0.05) is 31.8 Å². The summed E-state index contributed by atoms with van der Waals surface area (Å²) < 4.78 is 16.6. The summed E-state index contributed by atoms with van der Waals surface area (Å²) in [5, 5.41) is 6.85. The van der Waals surface area contributed by atoms with Gasteiger partial charge in [-0.05, 0) is 55.5 Å². The molecular formula is C26H30N4O5. The molecule has 2 heterocycles. The maximum Gasteiger partial charge on any atom is 0.261 e.